The first-order chi connectivity index (χ1) is 4.59. The summed E-state index contributed by atoms with van der Waals surface area (Å²) in [5, 5.41) is 0. The monoisotopic (exact) mass is 144 g/mol. The summed E-state index contributed by atoms with van der Waals surface area (Å²) >= 11 is 0. The van der Waals surface area contributed by atoms with Crippen molar-refractivity contribution in [1.29, 1.82) is 0 Å². The Labute approximate surface area is 62.2 Å². The average Bonchev–Trinajstić information content (AvgIpc) is 1.81. The van der Waals surface area contributed by atoms with Gasteiger partial charge in [-0.3, -0.25) is 4.79 Å². The first-order valence-corrected chi connectivity index (χ1v) is 3.62. The molecule has 0 fully saturated rings. The van der Waals surface area contributed by atoms with E-state index >= 15 is 0 Å². The fourth-order valence-corrected chi connectivity index (χ4v) is 0.889. The van der Waals surface area contributed by atoms with Gasteiger partial charge in [-0.1, -0.05) is 6.92 Å². The van der Waals surface area contributed by atoms with E-state index in [1.807, 2.05) is 13.8 Å². The predicted molar refractivity (Wildman–Crippen MR) is 41.3 cm³/mol. The van der Waals surface area contributed by atoms with E-state index in [2.05, 4.69) is 0 Å². The Morgan fingerprint density at radius 2 is 2.20 bits per heavy atom. The molecule has 3 nitrogen and oxygen atoms in total. The van der Waals surface area contributed by atoms with Crippen LogP contribution in [0.2, 0.25) is 0 Å². The summed E-state index contributed by atoms with van der Waals surface area (Å²) in [7, 11) is 0. The van der Waals surface area contributed by atoms with Crippen molar-refractivity contribution in [3.8, 4) is 0 Å². The van der Waals surface area contributed by atoms with Gasteiger partial charge in [0.1, 0.15) is 0 Å². The van der Waals surface area contributed by atoms with Gasteiger partial charge in [-0.25, -0.2) is 0 Å². The zero-order valence-electron chi connectivity index (χ0n) is 6.92. The first-order valence-electron chi connectivity index (χ1n) is 3.62. The van der Waals surface area contributed by atoms with Crippen LogP contribution in [0.3, 0.4) is 0 Å². The van der Waals surface area contributed by atoms with Crippen LogP contribution >= 0.6 is 0 Å². The van der Waals surface area contributed by atoms with Gasteiger partial charge in [0.2, 0.25) is 5.91 Å². The third-order valence-electron chi connectivity index (χ3n) is 1.36. The molecule has 10 heavy (non-hydrogen) atoms. The molecule has 0 aliphatic carbocycles. The van der Waals surface area contributed by atoms with E-state index in [-0.39, 0.29) is 12.1 Å². The topological polar surface area (TPSA) is 46.3 Å². The number of carbonyl (C=O) groups is 1. The molecule has 0 aromatic heterocycles. The molecule has 0 aromatic rings. The second kappa shape index (κ2) is 4.28. The normalized spacial score (nSPS) is 12.8. The van der Waals surface area contributed by atoms with E-state index in [9.17, 15) is 4.79 Å². The van der Waals surface area contributed by atoms with Gasteiger partial charge in [-0.2, -0.15) is 0 Å². The van der Waals surface area contributed by atoms with Crippen LogP contribution < -0.4 is 5.73 Å². The molecule has 0 rings (SSSR count). The number of hydrogen-bond donors (Lipinski definition) is 1. The van der Waals surface area contributed by atoms with Crippen LogP contribution in [0.4, 0.5) is 0 Å². The zero-order chi connectivity index (χ0) is 8.15. The van der Waals surface area contributed by atoms with Crippen molar-refractivity contribution in [2.45, 2.75) is 33.4 Å². The SMILES string of the molecule is CCCN(C(C)=O)C(C)N. The molecule has 1 unspecified atom stereocenters. The van der Waals surface area contributed by atoms with Crippen molar-refractivity contribution < 1.29 is 4.79 Å². The maximum atomic E-state index is 10.8. The highest BCUT2D eigenvalue weighted by atomic mass is 16.2. The molecular formula is C7H16N2O. The van der Waals surface area contributed by atoms with E-state index in [1.165, 1.54) is 0 Å². The minimum Gasteiger partial charge on any atom is -0.328 e. The smallest absolute Gasteiger partial charge is 0.220 e. The summed E-state index contributed by atoms with van der Waals surface area (Å²) < 4.78 is 0. The summed E-state index contributed by atoms with van der Waals surface area (Å²) in [6.45, 7) is 6.14. The van der Waals surface area contributed by atoms with Crippen molar-refractivity contribution in [2.75, 3.05) is 6.54 Å². The third kappa shape index (κ3) is 2.82. The van der Waals surface area contributed by atoms with Gasteiger partial charge in [-0.05, 0) is 13.3 Å². The van der Waals surface area contributed by atoms with E-state index in [1.54, 1.807) is 11.8 Å². The van der Waals surface area contributed by atoms with Crippen molar-refractivity contribution in [3.05, 3.63) is 0 Å². The Morgan fingerprint density at radius 1 is 1.70 bits per heavy atom. The summed E-state index contributed by atoms with van der Waals surface area (Å²) in [5.74, 6) is 0.0526. The Balaban J connectivity index is 3.85. The lowest BCUT2D eigenvalue weighted by atomic mass is 10.3. The number of amides is 1. The van der Waals surface area contributed by atoms with Crippen LogP contribution in [0, 0.1) is 0 Å². The highest BCUT2D eigenvalue weighted by Crippen LogP contribution is 1.94. The average molecular weight is 144 g/mol. The third-order valence-corrected chi connectivity index (χ3v) is 1.36. The zero-order valence-corrected chi connectivity index (χ0v) is 6.92. The molecule has 1 atom stereocenters. The van der Waals surface area contributed by atoms with Gasteiger partial charge >= 0.3 is 0 Å². The highest BCUT2D eigenvalue weighted by Gasteiger charge is 2.10. The van der Waals surface area contributed by atoms with Crippen LogP contribution in [0.1, 0.15) is 27.2 Å². The minimum absolute atomic E-state index is 0.0526. The summed E-state index contributed by atoms with van der Waals surface area (Å²) in [6.07, 6.45) is 0.804. The largest absolute Gasteiger partial charge is 0.328 e. The van der Waals surface area contributed by atoms with Crippen molar-refractivity contribution in [2.24, 2.45) is 5.73 Å². The molecule has 0 saturated heterocycles. The Morgan fingerprint density at radius 3 is 2.30 bits per heavy atom. The predicted octanol–water partition coefficient (Wildman–Crippen LogP) is 0.550. The first kappa shape index (κ1) is 9.43. The van der Waals surface area contributed by atoms with E-state index < -0.39 is 0 Å². The fourth-order valence-electron chi connectivity index (χ4n) is 0.889. The van der Waals surface area contributed by atoms with Gasteiger partial charge in [0.15, 0.2) is 0 Å². The molecule has 0 aliphatic rings. The lowest BCUT2D eigenvalue weighted by Gasteiger charge is -2.24. The lowest BCUT2D eigenvalue weighted by Crippen LogP contribution is -2.43. The molecule has 2 N–H and O–H groups in total. The molecule has 3 heteroatoms. The molecule has 1 amide bonds. The molecule has 0 aliphatic heterocycles. The standard InChI is InChI=1S/C7H16N2O/c1-4-5-9(6(2)8)7(3)10/h6H,4-5,8H2,1-3H3. The van der Waals surface area contributed by atoms with Crippen molar-refractivity contribution >= 4 is 5.91 Å². The van der Waals surface area contributed by atoms with Crippen LogP contribution in [-0.2, 0) is 4.79 Å². The molecule has 0 aromatic carbocycles. The fraction of sp³-hybridized carbons (Fsp3) is 0.857. The number of carbonyl (C=O) groups excluding carboxylic acids is 1. The van der Waals surface area contributed by atoms with Crippen LogP contribution in [0.25, 0.3) is 0 Å². The Kier molecular flexibility index (Phi) is 4.03. The van der Waals surface area contributed by atoms with Crippen LogP contribution in [-0.4, -0.2) is 23.5 Å². The number of nitrogens with zero attached hydrogens (tertiary/aromatic N) is 1. The second-order valence-corrected chi connectivity index (χ2v) is 2.45. The minimum atomic E-state index is -0.155. The molecule has 0 radical (unpaired) electrons. The lowest BCUT2D eigenvalue weighted by molar-refractivity contribution is -0.130. The maximum Gasteiger partial charge on any atom is 0.220 e. The van der Waals surface area contributed by atoms with Gasteiger partial charge in [0.25, 0.3) is 0 Å². The second-order valence-electron chi connectivity index (χ2n) is 2.45. The quantitative estimate of drug-likeness (QED) is 0.588. The molecular weight excluding hydrogens is 128 g/mol. The van der Waals surface area contributed by atoms with Crippen molar-refractivity contribution in [3.63, 3.8) is 0 Å². The number of rotatable bonds is 3. The van der Waals surface area contributed by atoms with Crippen LogP contribution in [0.5, 0.6) is 0 Å². The molecule has 60 valence electrons. The van der Waals surface area contributed by atoms with Crippen molar-refractivity contribution in [1.82, 2.24) is 4.90 Å². The van der Waals surface area contributed by atoms with Gasteiger partial charge in [0, 0.05) is 13.5 Å². The van der Waals surface area contributed by atoms with E-state index in [4.69, 9.17) is 5.73 Å². The molecule has 0 bridgehead atoms. The van der Waals surface area contributed by atoms with Gasteiger partial charge in [-0.15, -0.1) is 0 Å². The number of nitrogens with two attached hydrogens (primary N) is 1. The molecule has 0 saturated carbocycles. The number of hydrogen-bond acceptors (Lipinski definition) is 2. The molecule has 0 heterocycles. The summed E-state index contributed by atoms with van der Waals surface area (Å²) in [6, 6.07) is 0. The van der Waals surface area contributed by atoms with E-state index in [0.717, 1.165) is 13.0 Å². The van der Waals surface area contributed by atoms with Crippen LogP contribution in [0.15, 0.2) is 0 Å². The Hall–Kier alpha value is -0.570. The summed E-state index contributed by atoms with van der Waals surface area (Å²) in [4.78, 5) is 12.5. The highest BCUT2D eigenvalue weighted by molar-refractivity contribution is 5.73. The van der Waals surface area contributed by atoms with Gasteiger partial charge < -0.3 is 10.6 Å². The Bertz CT molecular complexity index is 112. The van der Waals surface area contributed by atoms with E-state index in [0.29, 0.717) is 0 Å². The van der Waals surface area contributed by atoms with Gasteiger partial charge in [0.05, 0.1) is 6.17 Å². The summed E-state index contributed by atoms with van der Waals surface area (Å²) in [5.41, 5.74) is 5.53. The molecule has 0 spiro atoms. The maximum absolute atomic E-state index is 10.8.